The lowest BCUT2D eigenvalue weighted by Gasteiger charge is -2.26. The molecule has 1 fully saturated rings. The first-order valence-electron chi connectivity index (χ1n) is 10.3. The minimum atomic E-state index is -4.40. The maximum atomic E-state index is 14.9. The van der Waals surface area contributed by atoms with Crippen LogP contribution in [0.4, 0.5) is 14.6 Å². The van der Waals surface area contributed by atoms with Gasteiger partial charge >= 0.3 is 0 Å². The van der Waals surface area contributed by atoms with Crippen molar-refractivity contribution in [1.29, 1.82) is 0 Å². The van der Waals surface area contributed by atoms with Crippen molar-refractivity contribution in [1.82, 2.24) is 19.7 Å². The van der Waals surface area contributed by atoms with E-state index in [9.17, 15) is 17.2 Å². The fourth-order valence-corrected chi connectivity index (χ4v) is 5.09. The molecule has 11 heteroatoms. The molecule has 2 atom stereocenters. The summed E-state index contributed by atoms with van der Waals surface area (Å²) < 4.78 is 64.5. The van der Waals surface area contributed by atoms with Crippen LogP contribution in [0.15, 0.2) is 47.9 Å². The smallest absolute Gasteiger partial charge is 0.266 e. The van der Waals surface area contributed by atoms with E-state index in [1.54, 1.807) is 10.9 Å². The van der Waals surface area contributed by atoms with Gasteiger partial charge < -0.3 is 4.74 Å². The number of halogens is 2. The van der Waals surface area contributed by atoms with E-state index in [4.69, 9.17) is 4.74 Å². The predicted octanol–water partition coefficient (Wildman–Crippen LogP) is 3.78. The molecule has 170 valence electrons. The van der Waals surface area contributed by atoms with Gasteiger partial charge in [-0.25, -0.2) is 27.2 Å². The molecular formula is C21H23F2N5O3S. The molecule has 2 aromatic heterocycles. The number of rotatable bonds is 6. The van der Waals surface area contributed by atoms with Gasteiger partial charge in [0.15, 0.2) is 11.6 Å². The van der Waals surface area contributed by atoms with Crippen LogP contribution < -0.4 is 9.46 Å². The van der Waals surface area contributed by atoms with Gasteiger partial charge in [0.05, 0.1) is 0 Å². The van der Waals surface area contributed by atoms with Gasteiger partial charge in [0, 0.05) is 43.2 Å². The highest BCUT2D eigenvalue weighted by atomic mass is 32.2. The topological polar surface area (TPSA) is 99.0 Å². The molecule has 0 aliphatic heterocycles. The van der Waals surface area contributed by atoms with Gasteiger partial charge in [-0.05, 0) is 31.4 Å². The molecule has 0 bridgehead atoms. The number of aromatic nitrogens is 4. The van der Waals surface area contributed by atoms with Crippen LogP contribution in [0.3, 0.4) is 0 Å². The zero-order valence-electron chi connectivity index (χ0n) is 17.4. The molecule has 0 saturated heterocycles. The standard InChI is InChI=1S/C21H23F2N5O3S/c1-28-17(7-10-26-28)14-5-3-2-4-6-18(14)31-19-11-16(23)20(12-15(19)22)32(29,30)27-21-8-9-24-13-25-21/h7-14,18H,2-6H2,1H3,(H,24,25,27)/t14-,18+/m1/s1. The first kappa shape index (κ1) is 22.1. The summed E-state index contributed by atoms with van der Waals surface area (Å²) in [4.78, 5) is 6.59. The Kier molecular flexibility index (Phi) is 6.35. The fourth-order valence-electron chi connectivity index (χ4n) is 4.01. The Hall–Kier alpha value is -3.08. The molecule has 0 radical (unpaired) electrons. The van der Waals surface area contributed by atoms with Crippen molar-refractivity contribution in [2.24, 2.45) is 7.05 Å². The van der Waals surface area contributed by atoms with E-state index >= 15 is 0 Å². The predicted molar refractivity (Wildman–Crippen MR) is 113 cm³/mol. The van der Waals surface area contributed by atoms with Gasteiger partial charge in [-0.3, -0.25) is 9.40 Å². The minimum absolute atomic E-state index is 0.0321. The number of anilines is 1. The molecule has 0 amide bonds. The summed E-state index contributed by atoms with van der Waals surface area (Å²) in [5.74, 6) is -2.48. The summed E-state index contributed by atoms with van der Waals surface area (Å²) in [5.41, 5.74) is 0.964. The Bertz CT molecular complexity index is 1190. The lowest BCUT2D eigenvalue weighted by atomic mass is 9.93. The lowest BCUT2D eigenvalue weighted by molar-refractivity contribution is 0.150. The van der Waals surface area contributed by atoms with E-state index in [1.807, 2.05) is 13.1 Å². The lowest BCUT2D eigenvalue weighted by Crippen LogP contribution is -2.27. The molecule has 8 nitrogen and oxygen atoms in total. The van der Waals surface area contributed by atoms with E-state index in [-0.39, 0.29) is 23.6 Å². The van der Waals surface area contributed by atoms with Crippen molar-refractivity contribution in [3.05, 3.63) is 60.3 Å². The summed E-state index contributed by atoms with van der Waals surface area (Å²) in [6, 6.07) is 4.62. The highest BCUT2D eigenvalue weighted by Crippen LogP contribution is 2.36. The van der Waals surface area contributed by atoms with Gasteiger partial charge in [-0.2, -0.15) is 5.10 Å². The van der Waals surface area contributed by atoms with E-state index in [0.29, 0.717) is 12.5 Å². The number of hydrogen-bond acceptors (Lipinski definition) is 6. The Morgan fingerprint density at radius 2 is 1.91 bits per heavy atom. The number of aryl methyl sites for hydroxylation is 1. The van der Waals surface area contributed by atoms with Gasteiger partial charge in [0.25, 0.3) is 10.0 Å². The Morgan fingerprint density at radius 3 is 2.62 bits per heavy atom. The molecule has 3 aromatic rings. The average Bonchev–Trinajstić information content (AvgIpc) is 3.04. The summed E-state index contributed by atoms with van der Waals surface area (Å²) in [5, 5.41) is 4.21. The Balaban J connectivity index is 1.60. The minimum Gasteiger partial charge on any atom is -0.487 e. The Labute approximate surface area is 184 Å². The highest BCUT2D eigenvalue weighted by molar-refractivity contribution is 7.92. The second-order valence-corrected chi connectivity index (χ2v) is 9.34. The number of ether oxygens (including phenoxy) is 1. The summed E-state index contributed by atoms with van der Waals surface area (Å²) >= 11 is 0. The summed E-state index contributed by atoms with van der Waals surface area (Å²) in [7, 11) is -2.56. The van der Waals surface area contributed by atoms with Crippen LogP contribution in [0.2, 0.25) is 0 Å². The molecular weight excluding hydrogens is 440 g/mol. The van der Waals surface area contributed by atoms with Gasteiger partial charge in [-0.1, -0.05) is 12.8 Å². The van der Waals surface area contributed by atoms with Crippen molar-refractivity contribution in [3.63, 3.8) is 0 Å². The number of nitrogens with zero attached hydrogens (tertiary/aromatic N) is 4. The molecule has 1 aliphatic carbocycles. The van der Waals surface area contributed by atoms with Crippen molar-refractivity contribution < 1.29 is 21.9 Å². The van der Waals surface area contributed by atoms with Crippen LogP contribution in [0.5, 0.6) is 5.75 Å². The first-order chi connectivity index (χ1) is 15.3. The second kappa shape index (κ2) is 9.19. The molecule has 0 spiro atoms. The van der Waals surface area contributed by atoms with Crippen molar-refractivity contribution in [2.75, 3.05) is 4.72 Å². The monoisotopic (exact) mass is 463 g/mol. The van der Waals surface area contributed by atoms with E-state index in [1.165, 1.54) is 12.3 Å². The number of benzene rings is 1. The van der Waals surface area contributed by atoms with Crippen molar-refractivity contribution in [3.8, 4) is 5.75 Å². The number of sulfonamides is 1. The van der Waals surface area contributed by atoms with Gasteiger partial charge in [-0.15, -0.1) is 0 Å². The zero-order chi connectivity index (χ0) is 22.7. The van der Waals surface area contributed by atoms with Crippen LogP contribution in [-0.4, -0.2) is 34.3 Å². The normalized spacial score (nSPS) is 19.3. The Morgan fingerprint density at radius 1 is 1.09 bits per heavy atom. The number of nitrogens with one attached hydrogen (secondary N) is 1. The van der Waals surface area contributed by atoms with Crippen LogP contribution in [0.1, 0.15) is 43.7 Å². The molecule has 1 aromatic carbocycles. The molecule has 4 rings (SSSR count). The summed E-state index contributed by atoms with van der Waals surface area (Å²) in [6.07, 6.45) is 8.20. The van der Waals surface area contributed by atoms with Crippen LogP contribution >= 0.6 is 0 Å². The molecule has 0 unspecified atom stereocenters. The first-order valence-corrected chi connectivity index (χ1v) is 11.8. The average molecular weight is 464 g/mol. The second-order valence-electron chi connectivity index (χ2n) is 7.69. The largest absolute Gasteiger partial charge is 0.487 e. The highest BCUT2D eigenvalue weighted by Gasteiger charge is 2.31. The van der Waals surface area contributed by atoms with Crippen molar-refractivity contribution in [2.45, 2.75) is 49.0 Å². The third-order valence-electron chi connectivity index (χ3n) is 5.57. The molecule has 2 heterocycles. The quantitative estimate of drug-likeness (QED) is 0.559. The van der Waals surface area contributed by atoms with E-state index < -0.39 is 26.6 Å². The third kappa shape index (κ3) is 4.72. The third-order valence-corrected chi connectivity index (χ3v) is 6.94. The maximum Gasteiger partial charge on any atom is 0.266 e. The fraction of sp³-hybridized carbons (Fsp3) is 0.381. The van der Waals surface area contributed by atoms with E-state index in [0.717, 1.165) is 43.8 Å². The van der Waals surface area contributed by atoms with E-state index in [2.05, 4.69) is 19.8 Å². The molecule has 1 aliphatic rings. The SMILES string of the molecule is Cn1nccc1[C@H]1CCCCC[C@@H]1Oc1cc(F)c(S(=O)(=O)Nc2ccncn2)cc1F. The van der Waals surface area contributed by atoms with Crippen molar-refractivity contribution >= 4 is 15.8 Å². The van der Waals surface area contributed by atoms with Crippen LogP contribution in [-0.2, 0) is 17.1 Å². The zero-order valence-corrected chi connectivity index (χ0v) is 18.2. The van der Waals surface area contributed by atoms with Crippen LogP contribution in [0, 0.1) is 11.6 Å². The number of hydrogen-bond donors (Lipinski definition) is 1. The van der Waals surface area contributed by atoms with Gasteiger partial charge in [0.2, 0.25) is 0 Å². The van der Waals surface area contributed by atoms with Gasteiger partial charge in [0.1, 0.15) is 29.0 Å². The molecule has 1 saturated carbocycles. The van der Waals surface area contributed by atoms with Crippen LogP contribution in [0.25, 0.3) is 0 Å². The molecule has 1 N–H and O–H groups in total. The molecule has 32 heavy (non-hydrogen) atoms. The summed E-state index contributed by atoms with van der Waals surface area (Å²) in [6.45, 7) is 0. The maximum absolute atomic E-state index is 14.9.